The van der Waals surface area contributed by atoms with Crippen molar-refractivity contribution in [1.29, 1.82) is 0 Å². The molecule has 1 aromatic rings. The van der Waals surface area contributed by atoms with Crippen molar-refractivity contribution in [3.05, 3.63) is 16.1 Å². The minimum atomic E-state index is -4.10. The van der Waals surface area contributed by atoms with Gasteiger partial charge in [-0.25, -0.2) is 13.8 Å². The molecule has 1 atom stereocenters. The number of alkyl halides is 4. The Bertz CT molecular complexity index is 407. The summed E-state index contributed by atoms with van der Waals surface area (Å²) in [6.07, 6.45) is -1.63. The zero-order valence-corrected chi connectivity index (χ0v) is 10.9. The van der Waals surface area contributed by atoms with Crippen LogP contribution in [0.2, 0.25) is 0 Å². The van der Waals surface area contributed by atoms with Crippen LogP contribution >= 0.6 is 11.3 Å². The second-order valence-electron chi connectivity index (χ2n) is 4.37. The highest BCUT2D eigenvalue weighted by Gasteiger charge is 2.41. The summed E-state index contributed by atoms with van der Waals surface area (Å²) in [5, 5.41) is 5.63. The van der Waals surface area contributed by atoms with Gasteiger partial charge in [-0.1, -0.05) is 0 Å². The Morgan fingerprint density at radius 1 is 1.53 bits per heavy atom. The number of halogens is 4. The van der Waals surface area contributed by atoms with Gasteiger partial charge in [-0.2, -0.15) is 8.78 Å². The van der Waals surface area contributed by atoms with Gasteiger partial charge in [0.05, 0.1) is 18.3 Å². The average molecular weight is 298 g/mol. The van der Waals surface area contributed by atoms with E-state index in [4.69, 9.17) is 0 Å². The maximum absolute atomic E-state index is 12.6. The Balaban J connectivity index is 1.80. The zero-order chi connectivity index (χ0) is 13.9. The highest BCUT2D eigenvalue weighted by atomic mass is 32.1. The Morgan fingerprint density at radius 3 is 2.95 bits per heavy atom. The molecule has 0 aromatic carbocycles. The first-order valence-corrected chi connectivity index (χ1v) is 6.78. The maximum atomic E-state index is 12.6. The van der Waals surface area contributed by atoms with Crippen LogP contribution in [0, 0.1) is 0 Å². The number of thiazole rings is 1. The minimum absolute atomic E-state index is 0.167. The molecule has 0 bridgehead atoms. The fraction of sp³-hybridized carbons (Fsp3) is 0.727. The van der Waals surface area contributed by atoms with Crippen molar-refractivity contribution in [2.75, 3.05) is 13.2 Å². The molecule has 0 radical (unpaired) electrons. The summed E-state index contributed by atoms with van der Waals surface area (Å²) >= 11 is 1.29. The molecule has 0 aliphatic carbocycles. The van der Waals surface area contributed by atoms with Crippen molar-refractivity contribution in [2.45, 2.75) is 37.8 Å². The number of nitrogens with zero attached hydrogens (tertiary/aromatic N) is 1. The van der Waals surface area contributed by atoms with Crippen LogP contribution in [-0.2, 0) is 11.3 Å². The number of hydrogen-bond donors (Lipinski definition) is 1. The monoisotopic (exact) mass is 298 g/mol. The van der Waals surface area contributed by atoms with Crippen molar-refractivity contribution < 1.29 is 22.3 Å². The lowest BCUT2D eigenvalue weighted by Gasteiger charge is -2.14. The third kappa shape index (κ3) is 3.87. The molecule has 8 heteroatoms. The van der Waals surface area contributed by atoms with Crippen LogP contribution in [0.1, 0.15) is 29.6 Å². The lowest BCUT2D eigenvalue weighted by molar-refractivity contribution is -0.168. The van der Waals surface area contributed by atoms with E-state index >= 15 is 0 Å². The van der Waals surface area contributed by atoms with Gasteiger partial charge in [0.15, 0.2) is 0 Å². The minimum Gasteiger partial charge on any atom is -0.368 e. The zero-order valence-electron chi connectivity index (χ0n) is 10.0. The van der Waals surface area contributed by atoms with Crippen LogP contribution in [0.5, 0.6) is 0 Å². The van der Waals surface area contributed by atoms with Gasteiger partial charge in [-0.3, -0.25) is 0 Å². The molecule has 0 saturated carbocycles. The van der Waals surface area contributed by atoms with Crippen LogP contribution < -0.4 is 5.32 Å². The normalized spacial score (nSPS) is 20.4. The highest BCUT2D eigenvalue weighted by molar-refractivity contribution is 7.09. The third-order valence-electron chi connectivity index (χ3n) is 2.83. The fourth-order valence-corrected chi connectivity index (χ4v) is 2.61. The summed E-state index contributed by atoms with van der Waals surface area (Å²) in [6.45, 7) is -0.518. The van der Waals surface area contributed by atoms with E-state index in [1.807, 2.05) is 5.38 Å². The molecule has 1 saturated heterocycles. The van der Waals surface area contributed by atoms with E-state index in [0.29, 0.717) is 5.01 Å². The molecular formula is C11H14F4N2OS. The fourth-order valence-electron chi connectivity index (χ4n) is 1.83. The molecule has 1 N–H and O–H groups in total. The first kappa shape index (κ1) is 14.7. The Labute approximate surface area is 112 Å². The summed E-state index contributed by atoms with van der Waals surface area (Å²) in [5.41, 5.74) is 0.863. The smallest absolute Gasteiger partial charge is 0.330 e. The van der Waals surface area contributed by atoms with E-state index in [9.17, 15) is 17.6 Å². The van der Waals surface area contributed by atoms with E-state index in [2.05, 4.69) is 15.0 Å². The SMILES string of the molecule is FC(F)C(F)(F)COCc1nc([C@@H]2CCCN2)cs1. The number of nitrogens with one attached hydrogen (secondary N) is 1. The van der Waals surface area contributed by atoms with E-state index in [1.54, 1.807) is 0 Å². The van der Waals surface area contributed by atoms with Gasteiger partial charge in [0.2, 0.25) is 0 Å². The van der Waals surface area contributed by atoms with Crippen molar-refractivity contribution >= 4 is 11.3 Å². The lowest BCUT2D eigenvalue weighted by Crippen LogP contribution is -2.32. The Kier molecular flexibility index (Phi) is 4.75. The number of ether oxygens (including phenoxy) is 1. The van der Waals surface area contributed by atoms with Crippen LogP contribution in [0.3, 0.4) is 0 Å². The van der Waals surface area contributed by atoms with Gasteiger partial charge >= 0.3 is 12.3 Å². The summed E-state index contributed by atoms with van der Waals surface area (Å²) in [6, 6.07) is 0.201. The number of hydrogen-bond acceptors (Lipinski definition) is 4. The van der Waals surface area contributed by atoms with Gasteiger partial charge in [-0.05, 0) is 19.4 Å². The molecule has 0 unspecified atom stereocenters. The molecule has 1 aliphatic rings. The summed E-state index contributed by atoms with van der Waals surface area (Å²) in [4.78, 5) is 4.26. The van der Waals surface area contributed by atoms with Gasteiger partial charge in [0.25, 0.3) is 0 Å². The molecule has 1 fully saturated rings. The molecule has 108 valence electrons. The maximum Gasteiger partial charge on any atom is 0.330 e. The van der Waals surface area contributed by atoms with Crippen molar-refractivity contribution in [3.63, 3.8) is 0 Å². The standard InChI is InChI=1S/C11H14F4N2OS/c12-10(13)11(14,15)6-18-4-9-17-8(5-19-9)7-2-1-3-16-7/h5,7,10,16H,1-4,6H2/t7-/m0/s1. The quantitative estimate of drug-likeness (QED) is 0.820. The van der Waals surface area contributed by atoms with Crippen molar-refractivity contribution in [1.82, 2.24) is 10.3 Å². The summed E-state index contributed by atoms with van der Waals surface area (Å²) in [5.74, 6) is -4.10. The summed E-state index contributed by atoms with van der Waals surface area (Å²) in [7, 11) is 0. The van der Waals surface area contributed by atoms with Crippen LogP contribution in [-0.4, -0.2) is 30.5 Å². The summed E-state index contributed by atoms with van der Waals surface area (Å²) < 4.78 is 53.6. The molecule has 2 heterocycles. The first-order valence-electron chi connectivity index (χ1n) is 5.90. The predicted molar refractivity (Wildman–Crippen MR) is 62.7 cm³/mol. The van der Waals surface area contributed by atoms with E-state index in [1.165, 1.54) is 11.3 Å². The Hall–Kier alpha value is -0.730. The average Bonchev–Trinajstić information content (AvgIpc) is 2.98. The topological polar surface area (TPSA) is 34.1 Å². The second kappa shape index (κ2) is 6.15. The van der Waals surface area contributed by atoms with Crippen LogP contribution in [0.15, 0.2) is 5.38 Å². The third-order valence-corrected chi connectivity index (χ3v) is 3.67. The van der Waals surface area contributed by atoms with Gasteiger partial charge in [0, 0.05) is 5.38 Å². The predicted octanol–water partition coefficient (Wildman–Crippen LogP) is 2.98. The Morgan fingerprint density at radius 2 is 2.32 bits per heavy atom. The van der Waals surface area contributed by atoms with Gasteiger partial charge < -0.3 is 10.1 Å². The highest BCUT2D eigenvalue weighted by Crippen LogP contribution is 2.26. The van der Waals surface area contributed by atoms with E-state index in [0.717, 1.165) is 25.1 Å². The van der Waals surface area contributed by atoms with E-state index < -0.39 is 19.0 Å². The molecular weight excluding hydrogens is 284 g/mol. The number of aromatic nitrogens is 1. The number of rotatable bonds is 6. The molecule has 19 heavy (non-hydrogen) atoms. The molecule has 1 aliphatic heterocycles. The molecule has 0 amide bonds. The largest absolute Gasteiger partial charge is 0.368 e. The van der Waals surface area contributed by atoms with Crippen molar-refractivity contribution in [2.24, 2.45) is 0 Å². The van der Waals surface area contributed by atoms with E-state index in [-0.39, 0.29) is 12.6 Å². The molecule has 1 aromatic heterocycles. The lowest BCUT2D eigenvalue weighted by atomic mass is 10.2. The second-order valence-corrected chi connectivity index (χ2v) is 5.31. The van der Waals surface area contributed by atoms with Gasteiger partial charge in [0.1, 0.15) is 11.6 Å². The molecule has 0 spiro atoms. The van der Waals surface area contributed by atoms with Crippen molar-refractivity contribution in [3.8, 4) is 0 Å². The molecule has 2 rings (SSSR count). The molecule has 3 nitrogen and oxygen atoms in total. The van der Waals surface area contributed by atoms with Crippen LogP contribution in [0.4, 0.5) is 17.6 Å². The van der Waals surface area contributed by atoms with Gasteiger partial charge in [-0.15, -0.1) is 11.3 Å². The van der Waals surface area contributed by atoms with Crippen LogP contribution in [0.25, 0.3) is 0 Å². The first-order chi connectivity index (χ1) is 8.99.